The molecule has 1 fully saturated rings. The highest BCUT2D eigenvalue weighted by atomic mass is 32.2. The highest BCUT2D eigenvalue weighted by molar-refractivity contribution is 7.91. The van der Waals surface area contributed by atoms with E-state index < -0.39 is 9.84 Å². The molecule has 2 heterocycles. The lowest BCUT2D eigenvalue weighted by molar-refractivity contribution is -0.122. The van der Waals surface area contributed by atoms with Gasteiger partial charge in [0, 0.05) is 17.6 Å². The molecule has 1 aromatic heterocycles. The van der Waals surface area contributed by atoms with E-state index in [1.54, 1.807) is 18.1 Å². The van der Waals surface area contributed by atoms with Gasteiger partial charge in [0.1, 0.15) is 17.9 Å². The third-order valence-corrected chi connectivity index (χ3v) is 6.25. The van der Waals surface area contributed by atoms with Crippen molar-refractivity contribution in [2.24, 2.45) is 0 Å². The van der Waals surface area contributed by atoms with Gasteiger partial charge in [0.25, 0.3) is 0 Å². The molecule has 0 bridgehead atoms. The average Bonchev–Trinajstić information content (AvgIpc) is 2.99. The van der Waals surface area contributed by atoms with Gasteiger partial charge in [-0.2, -0.15) is 0 Å². The molecule has 0 spiro atoms. The second-order valence-electron chi connectivity index (χ2n) is 6.50. The van der Waals surface area contributed by atoms with Crippen molar-refractivity contribution < 1.29 is 17.9 Å². The first-order valence-corrected chi connectivity index (χ1v) is 10.4. The van der Waals surface area contributed by atoms with Crippen molar-refractivity contribution in [3.8, 4) is 5.75 Å². The van der Waals surface area contributed by atoms with Gasteiger partial charge in [-0.25, -0.2) is 8.42 Å². The van der Waals surface area contributed by atoms with Crippen LogP contribution in [0, 0.1) is 0 Å². The Morgan fingerprint density at radius 3 is 2.92 bits per heavy atom. The molecular formula is C18H23N3O4S. The fraction of sp³-hybridized carbons (Fsp3) is 0.444. The van der Waals surface area contributed by atoms with Gasteiger partial charge in [-0.3, -0.25) is 14.7 Å². The van der Waals surface area contributed by atoms with E-state index in [2.05, 4.69) is 10.3 Å². The predicted molar refractivity (Wildman–Crippen MR) is 99.9 cm³/mol. The summed E-state index contributed by atoms with van der Waals surface area (Å²) >= 11 is 0. The van der Waals surface area contributed by atoms with Gasteiger partial charge in [0.05, 0.1) is 24.6 Å². The van der Waals surface area contributed by atoms with E-state index in [-0.39, 0.29) is 30.0 Å². The zero-order chi connectivity index (χ0) is 18.6. The fourth-order valence-corrected chi connectivity index (χ4v) is 4.88. The normalized spacial score (nSPS) is 18.9. The SMILES string of the molecule is CN(CC(=O)NCCOc1cccc2cccnc12)C1CCS(=O)(=O)C1. The first-order chi connectivity index (χ1) is 12.4. The molecule has 8 heteroatoms. The van der Waals surface area contributed by atoms with Crippen LogP contribution in [0.2, 0.25) is 0 Å². The van der Waals surface area contributed by atoms with Crippen LogP contribution in [0.25, 0.3) is 10.9 Å². The van der Waals surface area contributed by atoms with Crippen LogP contribution in [-0.4, -0.2) is 68.5 Å². The van der Waals surface area contributed by atoms with E-state index in [0.29, 0.717) is 25.3 Å². The quantitative estimate of drug-likeness (QED) is 0.720. The van der Waals surface area contributed by atoms with Crippen LogP contribution in [0.4, 0.5) is 0 Å². The Kier molecular flexibility index (Phi) is 5.73. The second-order valence-corrected chi connectivity index (χ2v) is 8.73. The second kappa shape index (κ2) is 8.01. The maximum Gasteiger partial charge on any atom is 0.234 e. The van der Waals surface area contributed by atoms with Crippen molar-refractivity contribution in [3.63, 3.8) is 0 Å². The van der Waals surface area contributed by atoms with Crippen molar-refractivity contribution in [3.05, 3.63) is 36.5 Å². The van der Waals surface area contributed by atoms with Gasteiger partial charge < -0.3 is 10.1 Å². The number of aromatic nitrogens is 1. The highest BCUT2D eigenvalue weighted by Crippen LogP contribution is 2.22. The number of hydrogen-bond acceptors (Lipinski definition) is 6. The van der Waals surface area contributed by atoms with Crippen molar-refractivity contribution in [1.82, 2.24) is 15.2 Å². The molecule has 7 nitrogen and oxygen atoms in total. The molecule has 140 valence electrons. The molecule has 0 saturated carbocycles. The summed E-state index contributed by atoms with van der Waals surface area (Å²) in [5, 5.41) is 3.80. The van der Waals surface area contributed by atoms with Crippen LogP contribution in [-0.2, 0) is 14.6 Å². The molecular weight excluding hydrogens is 354 g/mol. The summed E-state index contributed by atoms with van der Waals surface area (Å²) in [6.07, 6.45) is 2.30. The topological polar surface area (TPSA) is 88.6 Å². The molecule has 1 saturated heterocycles. The maximum absolute atomic E-state index is 12.0. The number of sulfone groups is 1. The molecule has 3 rings (SSSR count). The van der Waals surface area contributed by atoms with E-state index in [0.717, 1.165) is 10.9 Å². The Balaban J connectivity index is 1.42. The van der Waals surface area contributed by atoms with E-state index >= 15 is 0 Å². The van der Waals surface area contributed by atoms with Crippen LogP contribution in [0.1, 0.15) is 6.42 Å². The minimum absolute atomic E-state index is 0.0799. The van der Waals surface area contributed by atoms with Gasteiger partial charge in [-0.05, 0) is 25.6 Å². The van der Waals surface area contributed by atoms with Gasteiger partial charge in [0.15, 0.2) is 9.84 Å². The lowest BCUT2D eigenvalue weighted by atomic mass is 10.2. The van der Waals surface area contributed by atoms with Gasteiger partial charge in [-0.15, -0.1) is 0 Å². The molecule has 1 N–H and O–H groups in total. The molecule has 0 aliphatic carbocycles. The van der Waals surface area contributed by atoms with E-state index in [1.165, 1.54) is 0 Å². The zero-order valence-electron chi connectivity index (χ0n) is 14.7. The van der Waals surface area contributed by atoms with Crippen molar-refractivity contribution in [2.75, 3.05) is 38.2 Å². The number of amides is 1. The number of para-hydroxylation sites is 1. The number of ether oxygens (including phenoxy) is 1. The molecule has 1 aliphatic rings. The molecule has 2 aromatic rings. The van der Waals surface area contributed by atoms with E-state index in [4.69, 9.17) is 4.74 Å². The number of carbonyl (C=O) groups excluding carboxylic acids is 1. The van der Waals surface area contributed by atoms with E-state index in [1.807, 2.05) is 30.3 Å². The molecule has 0 radical (unpaired) electrons. The van der Waals surface area contributed by atoms with Crippen molar-refractivity contribution in [1.29, 1.82) is 0 Å². The summed E-state index contributed by atoms with van der Waals surface area (Å²) in [4.78, 5) is 18.1. The van der Waals surface area contributed by atoms with Gasteiger partial charge >= 0.3 is 0 Å². The van der Waals surface area contributed by atoms with Crippen LogP contribution >= 0.6 is 0 Å². The third-order valence-electron chi connectivity index (χ3n) is 4.50. The van der Waals surface area contributed by atoms with Crippen LogP contribution in [0.3, 0.4) is 0 Å². The number of fused-ring (bicyclic) bond motifs is 1. The third kappa shape index (κ3) is 4.70. The van der Waals surface area contributed by atoms with Crippen LogP contribution in [0.5, 0.6) is 5.75 Å². The highest BCUT2D eigenvalue weighted by Gasteiger charge is 2.31. The summed E-state index contributed by atoms with van der Waals surface area (Å²) in [5.74, 6) is 0.881. The maximum atomic E-state index is 12.0. The molecule has 1 amide bonds. The summed E-state index contributed by atoms with van der Waals surface area (Å²) in [7, 11) is -1.16. The lowest BCUT2D eigenvalue weighted by Gasteiger charge is -2.22. The molecule has 1 atom stereocenters. The van der Waals surface area contributed by atoms with Crippen LogP contribution < -0.4 is 10.1 Å². The van der Waals surface area contributed by atoms with Gasteiger partial charge in [-0.1, -0.05) is 18.2 Å². The summed E-state index contributed by atoms with van der Waals surface area (Å²) in [6.45, 7) is 0.887. The standard InChI is InChI=1S/C18H23N3O4S/c1-21(15-7-11-26(23,24)13-15)12-17(22)19-9-10-25-16-6-2-4-14-5-3-8-20-18(14)16/h2-6,8,15H,7,9-13H2,1H3,(H,19,22). The Bertz CT molecular complexity index is 880. The minimum atomic E-state index is -2.95. The monoisotopic (exact) mass is 377 g/mol. The minimum Gasteiger partial charge on any atom is -0.489 e. The lowest BCUT2D eigenvalue weighted by Crippen LogP contribution is -2.42. The summed E-state index contributed by atoms with van der Waals surface area (Å²) < 4.78 is 28.8. The number of likely N-dealkylation sites (N-methyl/N-ethyl adjacent to an activating group) is 1. The number of nitrogens with one attached hydrogen (secondary N) is 1. The fourth-order valence-electron chi connectivity index (χ4n) is 3.08. The Morgan fingerprint density at radius 2 is 2.15 bits per heavy atom. The first-order valence-electron chi connectivity index (χ1n) is 8.58. The number of hydrogen-bond donors (Lipinski definition) is 1. The summed E-state index contributed by atoms with van der Waals surface area (Å²) in [6, 6.07) is 9.49. The molecule has 1 unspecified atom stereocenters. The van der Waals surface area contributed by atoms with Crippen molar-refractivity contribution in [2.45, 2.75) is 12.5 Å². The largest absolute Gasteiger partial charge is 0.489 e. The Labute approximate surface area is 153 Å². The Hall–Kier alpha value is -2.19. The van der Waals surface area contributed by atoms with Crippen molar-refractivity contribution >= 4 is 26.6 Å². The van der Waals surface area contributed by atoms with E-state index in [9.17, 15) is 13.2 Å². The molecule has 26 heavy (non-hydrogen) atoms. The van der Waals surface area contributed by atoms with Gasteiger partial charge in [0.2, 0.25) is 5.91 Å². The number of pyridine rings is 1. The number of rotatable bonds is 7. The zero-order valence-corrected chi connectivity index (χ0v) is 15.5. The molecule has 1 aliphatic heterocycles. The average molecular weight is 377 g/mol. The number of benzene rings is 1. The first kappa shape index (κ1) is 18.6. The number of carbonyl (C=O) groups is 1. The smallest absolute Gasteiger partial charge is 0.234 e. The summed E-state index contributed by atoms with van der Waals surface area (Å²) in [5.41, 5.74) is 0.795. The Morgan fingerprint density at radius 1 is 1.35 bits per heavy atom. The predicted octanol–water partition coefficient (Wildman–Crippen LogP) is 0.849. The molecule has 1 aromatic carbocycles. The van der Waals surface area contributed by atoms with Crippen LogP contribution in [0.15, 0.2) is 36.5 Å². The number of nitrogens with zero attached hydrogens (tertiary/aromatic N) is 2.